The third-order valence-electron chi connectivity index (χ3n) is 2.69. The van der Waals surface area contributed by atoms with E-state index in [1.165, 1.54) is 11.5 Å². The van der Waals surface area contributed by atoms with Gasteiger partial charge in [-0.25, -0.2) is 0 Å². The number of carbonyl (C=O) groups is 1. The highest BCUT2D eigenvalue weighted by Gasteiger charge is 2.21. The first-order valence-electron chi connectivity index (χ1n) is 6.09. The molecule has 1 aromatic rings. The van der Waals surface area contributed by atoms with Gasteiger partial charge in [-0.05, 0) is 44.9 Å². The van der Waals surface area contributed by atoms with Gasteiger partial charge in [0.25, 0.3) is 0 Å². The second-order valence-corrected chi connectivity index (χ2v) is 6.56. The summed E-state index contributed by atoms with van der Waals surface area (Å²) in [6, 6.07) is 0. The predicted molar refractivity (Wildman–Crippen MR) is 77.7 cm³/mol. The monoisotopic (exact) mass is 269 g/mol. The van der Waals surface area contributed by atoms with E-state index >= 15 is 0 Å². The van der Waals surface area contributed by atoms with Gasteiger partial charge in [0.2, 0.25) is 0 Å². The second-order valence-electron chi connectivity index (χ2n) is 5.78. The molecule has 102 valence electrons. The van der Waals surface area contributed by atoms with Crippen LogP contribution in [0.4, 0.5) is 5.00 Å². The van der Waals surface area contributed by atoms with Crippen LogP contribution in [0.1, 0.15) is 36.8 Å². The van der Waals surface area contributed by atoms with E-state index in [0.717, 1.165) is 29.3 Å². The summed E-state index contributed by atoms with van der Waals surface area (Å²) < 4.78 is 4.25. The predicted octanol–water partition coefficient (Wildman–Crippen LogP) is 2.65. The Morgan fingerprint density at radius 2 is 2.06 bits per heavy atom. The molecule has 1 heterocycles. The molecular formula is C13H23N3OS. The molecule has 0 aliphatic carbocycles. The van der Waals surface area contributed by atoms with Crippen LogP contribution in [0.3, 0.4) is 0 Å². The smallest absolute Gasteiger partial charge is 0.164 e. The van der Waals surface area contributed by atoms with Crippen molar-refractivity contribution in [2.24, 2.45) is 5.41 Å². The zero-order valence-electron chi connectivity index (χ0n) is 12.1. The van der Waals surface area contributed by atoms with Crippen LogP contribution in [0.2, 0.25) is 0 Å². The molecule has 0 saturated carbocycles. The van der Waals surface area contributed by atoms with Crippen molar-refractivity contribution in [2.45, 2.75) is 27.7 Å². The van der Waals surface area contributed by atoms with Crippen LogP contribution in [0.5, 0.6) is 0 Å². The summed E-state index contributed by atoms with van der Waals surface area (Å²) in [5.74, 6) is 0.0779. The van der Waals surface area contributed by atoms with Crippen molar-refractivity contribution in [3.63, 3.8) is 0 Å². The van der Waals surface area contributed by atoms with Gasteiger partial charge in [-0.15, -0.1) is 0 Å². The molecule has 0 bridgehead atoms. The third-order valence-corrected chi connectivity index (χ3v) is 3.58. The molecule has 0 amide bonds. The highest BCUT2D eigenvalue weighted by molar-refractivity contribution is 7.10. The summed E-state index contributed by atoms with van der Waals surface area (Å²) in [6.45, 7) is 9.71. The molecule has 0 fully saturated rings. The number of aromatic nitrogens is 1. The molecule has 1 N–H and O–H groups in total. The maximum atomic E-state index is 11.6. The molecule has 0 radical (unpaired) electrons. The largest absolute Gasteiger partial charge is 0.374 e. The SMILES string of the molecule is CC(=O)c1c(C)nsc1NCC(C)(C)CN(C)C. The number of aryl methyl sites for hydroxylation is 1. The minimum absolute atomic E-state index is 0.0779. The van der Waals surface area contributed by atoms with Gasteiger partial charge in [0, 0.05) is 13.1 Å². The number of nitrogens with zero attached hydrogens (tertiary/aromatic N) is 2. The Balaban J connectivity index is 2.72. The fourth-order valence-electron chi connectivity index (χ4n) is 2.14. The van der Waals surface area contributed by atoms with Crippen molar-refractivity contribution in [1.82, 2.24) is 9.27 Å². The van der Waals surface area contributed by atoms with Crippen molar-refractivity contribution in [3.05, 3.63) is 11.3 Å². The second kappa shape index (κ2) is 5.80. The quantitative estimate of drug-likeness (QED) is 0.806. The minimum Gasteiger partial charge on any atom is -0.374 e. The Hall–Kier alpha value is -0.940. The number of anilines is 1. The lowest BCUT2D eigenvalue weighted by Gasteiger charge is -2.28. The molecule has 0 aromatic carbocycles. The molecule has 5 heteroatoms. The lowest BCUT2D eigenvalue weighted by molar-refractivity contribution is 0.101. The molecule has 1 rings (SSSR count). The maximum Gasteiger partial charge on any atom is 0.164 e. The van der Waals surface area contributed by atoms with E-state index in [9.17, 15) is 4.79 Å². The van der Waals surface area contributed by atoms with Crippen molar-refractivity contribution in [3.8, 4) is 0 Å². The number of nitrogens with one attached hydrogen (secondary N) is 1. The number of hydrogen-bond acceptors (Lipinski definition) is 5. The van der Waals surface area contributed by atoms with Gasteiger partial charge in [0.05, 0.1) is 11.3 Å². The highest BCUT2D eigenvalue weighted by Crippen LogP contribution is 2.26. The molecule has 0 atom stereocenters. The maximum absolute atomic E-state index is 11.6. The Labute approximate surface area is 114 Å². The topological polar surface area (TPSA) is 45.2 Å². The number of ketones is 1. The zero-order chi connectivity index (χ0) is 13.9. The van der Waals surface area contributed by atoms with E-state index in [-0.39, 0.29) is 11.2 Å². The Kier molecular flexibility index (Phi) is 4.87. The molecule has 18 heavy (non-hydrogen) atoms. The van der Waals surface area contributed by atoms with Gasteiger partial charge in [0.15, 0.2) is 5.78 Å². The number of hydrogen-bond donors (Lipinski definition) is 1. The van der Waals surface area contributed by atoms with Crippen LogP contribution in [0.25, 0.3) is 0 Å². The van der Waals surface area contributed by atoms with Crippen LogP contribution < -0.4 is 5.32 Å². The Bertz CT molecular complexity index is 424. The summed E-state index contributed by atoms with van der Waals surface area (Å²) in [7, 11) is 4.14. The van der Waals surface area contributed by atoms with E-state index in [1.807, 2.05) is 6.92 Å². The first-order chi connectivity index (χ1) is 8.23. The summed E-state index contributed by atoms with van der Waals surface area (Å²) in [5, 5.41) is 4.26. The average molecular weight is 269 g/mol. The Morgan fingerprint density at radius 1 is 1.44 bits per heavy atom. The molecular weight excluding hydrogens is 246 g/mol. The highest BCUT2D eigenvalue weighted by atomic mass is 32.1. The van der Waals surface area contributed by atoms with Crippen LogP contribution >= 0.6 is 11.5 Å². The van der Waals surface area contributed by atoms with Gasteiger partial charge in [0.1, 0.15) is 5.00 Å². The van der Waals surface area contributed by atoms with Crippen LogP contribution in [0, 0.1) is 12.3 Å². The minimum atomic E-state index is 0.0779. The van der Waals surface area contributed by atoms with Crippen molar-refractivity contribution < 1.29 is 4.79 Å². The first-order valence-corrected chi connectivity index (χ1v) is 6.86. The first kappa shape index (κ1) is 15.1. The lowest BCUT2D eigenvalue weighted by atomic mass is 9.93. The molecule has 0 aliphatic heterocycles. The van der Waals surface area contributed by atoms with Crippen LogP contribution in [0.15, 0.2) is 0 Å². The summed E-state index contributed by atoms with van der Waals surface area (Å²) in [5.41, 5.74) is 1.70. The van der Waals surface area contributed by atoms with Gasteiger partial charge in [-0.3, -0.25) is 4.79 Å². The molecule has 1 aromatic heterocycles. The fraction of sp³-hybridized carbons (Fsp3) is 0.692. The summed E-state index contributed by atoms with van der Waals surface area (Å²) in [6.07, 6.45) is 0. The lowest BCUT2D eigenvalue weighted by Crippen LogP contribution is -2.34. The number of rotatable bonds is 6. The van der Waals surface area contributed by atoms with E-state index in [4.69, 9.17) is 0 Å². The number of carbonyl (C=O) groups excluding carboxylic acids is 1. The number of Topliss-reactive ketones (excluding diaryl/α,β-unsaturated/α-hetero) is 1. The summed E-state index contributed by atoms with van der Waals surface area (Å²) in [4.78, 5) is 13.7. The third kappa shape index (κ3) is 4.07. The van der Waals surface area contributed by atoms with Crippen LogP contribution in [-0.2, 0) is 0 Å². The van der Waals surface area contributed by atoms with E-state index < -0.39 is 0 Å². The van der Waals surface area contributed by atoms with Gasteiger partial charge >= 0.3 is 0 Å². The van der Waals surface area contributed by atoms with E-state index in [1.54, 1.807) is 6.92 Å². The average Bonchev–Trinajstić information content (AvgIpc) is 2.54. The van der Waals surface area contributed by atoms with E-state index in [2.05, 4.69) is 42.5 Å². The summed E-state index contributed by atoms with van der Waals surface area (Å²) >= 11 is 1.37. The fourth-order valence-corrected chi connectivity index (χ4v) is 2.98. The van der Waals surface area contributed by atoms with Crippen molar-refractivity contribution in [1.29, 1.82) is 0 Å². The molecule has 0 aliphatic rings. The van der Waals surface area contributed by atoms with E-state index in [0.29, 0.717) is 0 Å². The van der Waals surface area contributed by atoms with Crippen molar-refractivity contribution in [2.75, 3.05) is 32.5 Å². The molecule has 0 spiro atoms. The zero-order valence-corrected chi connectivity index (χ0v) is 12.9. The normalized spacial score (nSPS) is 11.9. The van der Waals surface area contributed by atoms with Gasteiger partial charge < -0.3 is 10.2 Å². The van der Waals surface area contributed by atoms with Gasteiger partial charge in [-0.1, -0.05) is 13.8 Å². The van der Waals surface area contributed by atoms with Gasteiger partial charge in [-0.2, -0.15) is 4.37 Å². The Morgan fingerprint density at radius 3 is 2.56 bits per heavy atom. The molecule has 4 nitrogen and oxygen atoms in total. The standard InChI is InChI=1S/C13H23N3OS/c1-9-11(10(2)17)12(18-15-9)14-7-13(3,4)8-16(5)6/h14H,7-8H2,1-6H3. The molecule has 0 unspecified atom stereocenters. The molecule has 0 saturated heterocycles. The van der Waals surface area contributed by atoms with Crippen molar-refractivity contribution >= 4 is 22.3 Å². The van der Waals surface area contributed by atoms with Crippen LogP contribution in [-0.4, -0.2) is 42.2 Å².